The fourth-order valence-electron chi connectivity index (χ4n) is 4.40. The summed E-state index contributed by atoms with van der Waals surface area (Å²) in [5.74, 6) is 0. The van der Waals surface area contributed by atoms with Crippen LogP contribution >= 0.6 is 0 Å². The van der Waals surface area contributed by atoms with E-state index in [9.17, 15) is 30.6 Å². The van der Waals surface area contributed by atoms with Crippen LogP contribution in [0.25, 0.3) is 0 Å². The molecule has 3 fully saturated rings. The van der Waals surface area contributed by atoms with Gasteiger partial charge in [0.2, 0.25) is 0 Å². The Balaban J connectivity index is 0.000000877. The maximum atomic E-state index is 10.9. The summed E-state index contributed by atoms with van der Waals surface area (Å²) in [7, 11) is -4.67. The first-order valence-electron chi connectivity index (χ1n) is 11.4. The Morgan fingerprint density at radius 2 is 1.27 bits per heavy atom. The van der Waals surface area contributed by atoms with Crippen LogP contribution in [0.3, 0.4) is 0 Å². The molecule has 0 amide bonds. The Bertz CT molecular complexity index is 803. The molecule has 16 N–H and O–H groups in total. The Morgan fingerprint density at radius 1 is 0.730 bits per heavy atom. The minimum absolute atomic E-state index is 0.0951. The van der Waals surface area contributed by atoms with Gasteiger partial charge >= 0.3 is 10.4 Å². The number of rotatable bonds is 6. The van der Waals surface area contributed by atoms with E-state index in [1.54, 1.807) is 0 Å². The van der Waals surface area contributed by atoms with Crippen LogP contribution in [0, 0.1) is 0 Å². The van der Waals surface area contributed by atoms with Crippen molar-refractivity contribution in [3.63, 3.8) is 0 Å². The molecule has 19 heteroatoms. The number of nitrogens with two attached hydrogens (primary N) is 4. The minimum atomic E-state index is -4.67. The second-order valence-corrected chi connectivity index (χ2v) is 10.0. The summed E-state index contributed by atoms with van der Waals surface area (Å²) in [5.41, 5.74) is 23.7. The molecule has 1 saturated carbocycles. The molecule has 2 saturated heterocycles. The first-order chi connectivity index (χ1) is 17.1. The second-order valence-electron chi connectivity index (χ2n) is 9.13. The Hall–Kier alpha value is -0.690. The SMILES string of the molecule is NCC1OC(OC2C(N)CC(N)C(OC3CC(N)C(O)C(CO)O3)C2O)C(O)C(O)C1O.O=S(=O)(O)O. The van der Waals surface area contributed by atoms with E-state index in [0.29, 0.717) is 0 Å². The molecule has 2 heterocycles. The number of aliphatic hydroxyl groups excluding tert-OH is 6. The predicted molar refractivity (Wildman–Crippen MR) is 121 cm³/mol. The third-order valence-electron chi connectivity index (χ3n) is 6.35. The normalized spacial score (nSPS) is 47.1. The Morgan fingerprint density at radius 3 is 1.78 bits per heavy atom. The molecular formula is C18H38N4O14S. The van der Waals surface area contributed by atoms with Gasteiger partial charge in [-0.3, -0.25) is 9.11 Å². The van der Waals surface area contributed by atoms with E-state index in [1.165, 1.54) is 0 Å². The average Bonchev–Trinajstić information content (AvgIpc) is 2.80. The first kappa shape index (κ1) is 32.5. The lowest BCUT2D eigenvalue weighted by molar-refractivity contribution is -0.325. The van der Waals surface area contributed by atoms with Crippen molar-refractivity contribution in [1.82, 2.24) is 0 Å². The largest absolute Gasteiger partial charge is 0.394 e. The van der Waals surface area contributed by atoms with Crippen LogP contribution in [0.1, 0.15) is 12.8 Å². The number of hydrogen-bond acceptors (Lipinski definition) is 16. The molecule has 0 aromatic carbocycles. The molecule has 14 atom stereocenters. The molecule has 2 aliphatic heterocycles. The average molecular weight is 567 g/mol. The van der Waals surface area contributed by atoms with Crippen molar-refractivity contribution in [3.05, 3.63) is 0 Å². The molecular weight excluding hydrogens is 528 g/mol. The highest BCUT2D eigenvalue weighted by Gasteiger charge is 2.50. The zero-order chi connectivity index (χ0) is 28.2. The zero-order valence-electron chi connectivity index (χ0n) is 19.7. The van der Waals surface area contributed by atoms with Crippen molar-refractivity contribution in [2.24, 2.45) is 22.9 Å². The molecule has 37 heavy (non-hydrogen) atoms. The maximum Gasteiger partial charge on any atom is 0.394 e. The van der Waals surface area contributed by atoms with Crippen molar-refractivity contribution in [1.29, 1.82) is 0 Å². The van der Waals surface area contributed by atoms with Gasteiger partial charge in [-0.05, 0) is 6.42 Å². The lowest BCUT2D eigenvalue weighted by Crippen LogP contribution is -2.67. The van der Waals surface area contributed by atoms with Crippen molar-refractivity contribution in [3.8, 4) is 0 Å². The van der Waals surface area contributed by atoms with E-state index in [-0.39, 0.29) is 19.4 Å². The van der Waals surface area contributed by atoms with E-state index in [2.05, 4.69) is 0 Å². The van der Waals surface area contributed by atoms with Crippen LogP contribution in [-0.2, 0) is 29.3 Å². The fraction of sp³-hybridized carbons (Fsp3) is 1.00. The van der Waals surface area contributed by atoms with E-state index in [0.717, 1.165) is 0 Å². The molecule has 0 aromatic rings. The van der Waals surface area contributed by atoms with Gasteiger partial charge in [-0.2, -0.15) is 8.42 Å². The molecule has 220 valence electrons. The highest BCUT2D eigenvalue weighted by atomic mass is 32.3. The van der Waals surface area contributed by atoms with Crippen molar-refractivity contribution >= 4 is 10.4 Å². The monoisotopic (exact) mass is 566 g/mol. The zero-order valence-corrected chi connectivity index (χ0v) is 20.5. The van der Waals surface area contributed by atoms with Gasteiger partial charge in [-0.15, -0.1) is 0 Å². The van der Waals surface area contributed by atoms with Crippen LogP contribution in [0.5, 0.6) is 0 Å². The van der Waals surface area contributed by atoms with E-state index < -0.39 is 103 Å². The highest BCUT2D eigenvalue weighted by Crippen LogP contribution is 2.31. The van der Waals surface area contributed by atoms with Crippen LogP contribution in [-0.4, -0.2) is 147 Å². The number of hydrogen-bond donors (Lipinski definition) is 12. The molecule has 3 rings (SSSR count). The summed E-state index contributed by atoms with van der Waals surface area (Å²) in [4.78, 5) is 0. The van der Waals surface area contributed by atoms with E-state index in [1.807, 2.05) is 0 Å². The van der Waals surface area contributed by atoms with Crippen LogP contribution in [0.4, 0.5) is 0 Å². The predicted octanol–water partition coefficient (Wildman–Crippen LogP) is -6.92. The fourth-order valence-corrected chi connectivity index (χ4v) is 4.40. The van der Waals surface area contributed by atoms with E-state index >= 15 is 0 Å². The van der Waals surface area contributed by atoms with Gasteiger partial charge in [0, 0.05) is 31.1 Å². The van der Waals surface area contributed by atoms with Crippen molar-refractivity contribution in [2.45, 2.75) is 98.5 Å². The molecule has 0 bridgehead atoms. The van der Waals surface area contributed by atoms with Gasteiger partial charge in [0.15, 0.2) is 12.6 Å². The smallest absolute Gasteiger partial charge is 0.394 e. The second kappa shape index (κ2) is 13.6. The first-order valence-corrected chi connectivity index (χ1v) is 12.8. The lowest BCUT2D eigenvalue weighted by Gasteiger charge is -2.47. The van der Waals surface area contributed by atoms with Crippen molar-refractivity contribution < 1.29 is 67.1 Å². The third-order valence-corrected chi connectivity index (χ3v) is 6.35. The summed E-state index contributed by atoms with van der Waals surface area (Å²) >= 11 is 0. The topological polar surface area (TPSA) is 337 Å². The van der Waals surface area contributed by atoms with Gasteiger partial charge in [0.25, 0.3) is 0 Å². The van der Waals surface area contributed by atoms with Crippen LogP contribution in [0.15, 0.2) is 0 Å². The van der Waals surface area contributed by atoms with Gasteiger partial charge in [-0.25, -0.2) is 0 Å². The molecule has 0 spiro atoms. The Kier molecular flexibility index (Phi) is 11.9. The van der Waals surface area contributed by atoms with Gasteiger partial charge < -0.3 is 72.5 Å². The van der Waals surface area contributed by atoms with Gasteiger partial charge in [0.1, 0.15) is 48.8 Å². The van der Waals surface area contributed by atoms with Crippen molar-refractivity contribution in [2.75, 3.05) is 13.2 Å². The summed E-state index contributed by atoms with van der Waals surface area (Å²) in [6.45, 7) is -0.615. The van der Waals surface area contributed by atoms with E-state index in [4.69, 9.17) is 59.4 Å². The minimum Gasteiger partial charge on any atom is -0.394 e. The molecule has 0 radical (unpaired) electrons. The number of aliphatic hydroxyl groups is 6. The Labute approximate surface area is 212 Å². The molecule has 1 aliphatic carbocycles. The molecule has 14 unspecified atom stereocenters. The summed E-state index contributed by atoms with van der Waals surface area (Å²) in [6, 6.07) is -2.19. The summed E-state index contributed by atoms with van der Waals surface area (Å²) in [5, 5.41) is 60.5. The van der Waals surface area contributed by atoms with Gasteiger partial charge in [-0.1, -0.05) is 0 Å². The highest BCUT2D eigenvalue weighted by molar-refractivity contribution is 7.79. The lowest BCUT2D eigenvalue weighted by atomic mass is 9.84. The van der Waals surface area contributed by atoms with Crippen LogP contribution < -0.4 is 22.9 Å². The molecule has 18 nitrogen and oxygen atoms in total. The molecule has 0 aromatic heterocycles. The van der Waals surface area contributed by atoms with Gasteiger partial charge in [0.05, 0.1) is 12.7 Å². The summed E-state index contributed by atoms with van der Waals surface area (Å²) < 4.78 is 54.1. The quantitative estimate of drug-likeness (QED) is 0.133. The van der Waals surface area contributed by atoms with Crippen LogP contribution in [0.2, 0.25) is 0 Å². The molecule has 3 aliphatic rings. The maximum absolute atomic E-state index is 10.9. The summed E-state index contributed by atoms with van der Waals surface area (Å²) in [6.07, 6.45) is -13.3. The standard InChI is InChI=1S/C18H36N4O10.H2O4S/c19-3-8-12(25)13(26)14(27)18(30-8)32-17-7(22)1-6(21)16(15(17)28)31-10-2-5(20)11(24)9(4-23)29-10;1-5(2,3)4/h5-18,23-28H,1-4,19-22H2;(H2,1,2,3,4). The number of ether oxygens (including phenoxy) is 4. The third kappa shape index (κ3) is 8.65.